The molecule has 1 aliphatic rings. The minimum Gasteiger partial charge on any atom is -0.548 e. The minimum absolute atomic E-state index is 0.195. The van der Waals surface area contributed by atoms with Gasteiger partial charge in [-0.3, -0.25) is 14.5 Å². The van der Waals surface area contributed by atoms with Crippen LogP contribution in [0.4, 0.5) is 0 Å². The molecule has 0 aliphatic carbocycles. The molecular weight excluding hydrogens is 364 g/mol. The second kappa shape index (κ2) is 7.75. The molecule has 0 saturated carbocycles. The smallest absolute Gasteiger partial charge is 0.268 e. The topological polar surface area (TPSA) is 80.8 Å². The molecule has 6 nitrogen and oxygen atoms in total. The Morgan fingerprint density at radius 3 is 2.41 bits per heavy atom. The van der Waals surface area contributed by atoms with Crippen LogP contribution >= 0.6 is 11.3 Å². The van der Waals surface area contributed by atoms with Gasteiger partial charge in [-0.2, -0.15) is 0 Å². The Bertz CT molecular complexity index is 875. The standard InChI is InChI=1S/C20H20N2O4S/c1-13(2)18-20(26)21(12-17(23)24)15(14-7-4-3-5-8-14)11-22(18)19(25)16-9-6-10-27-16/h3-11,13,18H,12H2,1-2H3,(H,23,24)/p-1. The first-order valence-electron chi connectivity index (χ1n) is 8.54. The van der Waals surface area contributed by atoms with E-state index in [0.29, 0.717) is 16.1 Å². The third kappa shape index (κ3) is 3.78. The summed E-state index contributed by atoms with van der Waals surface area (Å²) >= 11 is 1.30. The maximum atomic E-state index is 13.2. The van der Waals surface area contributed by atoms with E-state index in [0.717, 1.165) is 0 Å². The molecule has 1 aliphatic heterocycles. The van der Waals surface area contributed by atoms with Crippen LogP contribution in [0.15, 0.2) is 54.0 Å². The molecule has 0 bridgehead atoms. The molecule has 2 aromatic rings. The first-order chi connectivity index (χ1) is 12.9. The minimum atomic E-state index is -1.36. The Hall–Kier alpha value is -2.93. The van der Waals surface area contributed by atoms with Gasteiger partial charge in [-0.05, 0) is 22.9 Å². The third-order valence-corrected chi connectivity index (χ3v) is 5.18. The van der Waals surface area contributed by atoms with Gasteiger partial charge in [-0.15, -0.1) is 11.3 Å². The van der Waals surface area contributed by atoms with Crippen LogP contribution in [0.3, 0.4) is 0 Å². The van der Waals surface area contributed by atoms with Gasteiger partial charge in [-0.1, -0.05) is 50.2 Å². The van der Waals surface area contributed by atoms with E-state index in [9.17, 15) is 19.5 Å². The summed E-state index contributed by atoms with van der Waals surface area (Å²) in [5, 5.41) is 13.1. The van der Waals surface area contributed by atoms with E-state index in [1.807, 2.05) is 19.9 Å². The van der Waals surface area contributed by atoms with Crippen molar-refractivity contribution in [2.45, 2.75) is 19.9 Å². The van der Waals surface area contributed by atoms with E-state index in [1.54, 1.807) is 48.0 Å². The van der Waals surface area contributed by atoms with E-state index in [-0.39, 0.29) is 11.8 Å². The highest BCUT2D eigenvalue weighted by Crippen LogP contribution is 2.31. The fourth-order valence-corrected chi connectivity index (χ4v) is 3.80. The molecule has 2 heterocycles. The molecule has 1 aromatic carbocycles. The van der Waals surface area contributed by atoms with Crippen molar-refractivity contribution in [2.75, 3.05) is 6.54 Å². The maximum Gasteiger partial charge on any atom is 0.268 e. The normalized spacial score (nSPS) is 17.2. The molecule has 0 saturated heterocycles. The van der Waals surface area contributed by atoms with Crippen molar-refractivity contribution in [3.63, 3.8) is 0 Å². The summed E-state index contributed by atoms with van der Waals surface area (Å²) in [4.78, 5) is 40.6. The van der Waals surface area contributed by atoms with Crippen LogP contribution < -0.4 is 5.11 Å². The summed E-state index contributed by atoms with van der Waals surface area (Å²) in [6.45, 7) is 3.09. The molecule has 7 heteroatoms. The molecule has 140 valence electrons. The van der Waals surface area contributed by atoms with Crippen molar-refractivity contribution in [3.8, 4) is 0 Å². The van der Waals surface area contributed by atoms with E-state index >= 15 is 0 Å². The molecule has 1 atom stereocenters. The van der Waals surface area contributed by atoms with E-state index in [4.69, 9.17) is 0 Å². The predicted octanol–water partition coefficient (Wildman–Crippen LogP) is 1.81. The predicted molar refractivity (Wildman–Crippen MR) is 100 cm³/mol. The van der Waals surface area contributed by atoms with Crippen LogP contribution in [0.5, 0.6) is 0 Å². The van der Waals surface area contributed by atoms with Gasteiger partial charge in [-0.25, -0.2) is 0 Å². The molecule has 0 radical (unpaired) electrons. The number of carbonyl (C=O) groups excluding carboxylic acids is 3. The van der Waals surface area contributed by atoms with E-state index < -0.39 is 24.5 Å². The lowest BCUT2D eigenvalue weighted by Gasteiger charge is -2.41. The highest BCUT2D eigenvalue weighted by molar-refractivity contribution is 7.12. The van der Waals surface area contributed by atoms with Gasteiger partial charge in [0.25, 0.3) is 11.8 Å². The summed E-state index contributed by atoms with van der Waals surface area (Å²) < 4.78 is 0. The second-order valence-corrected chi connectivity index (χ2v) is 7.50. The molecule has 1 unspecified atom stereocenters. The number of carboxylic acids is 1. The zero-order chi connectivity index (χ0) is 19.6. The Balaban J connectivity index is 2.13. The number of rotatable bonds is 5. The van der Waals surface area contributed by atoms with Gasteiger partial charge in [0.1, 0.15) is 6.04 Å². The van der Waals surface area contributed by atoms with Crippen molar-refractivity contribution < 1.29 is 19.5 Å². The summed E-state index contributed by atoms with van der Waals surface area (Å²) in [6, 6.07) is 11.6. The number of aliphatic carboxylic acids is 1. The largest absolute Gasteiger partial charge is 0.548 e. The Labute approximate surface area is 161 Å². The number of hydrogen-bond acceptors (Lipinski definition) is 5. The lowest BCUT2D eigenvalue weighted by Crippen LogP contribution is -2.56. The molecule has 1 aromatic heterocycles. The number of amides is 2. The van der Waals surface area contributed by atoms with Crippen LogP contribution in [0.1, 0.15) is 29.1 Å². The number of benzene rings is 1. The van der Waals surface area contributed by atoms with Gasteiger partial charge in [0.05, 0.1) is 23.1 Å². The van der Waals surface area contributed by atoms with Crippen molar-refractivity contribution in [3.05, 3.63) is 64.5 Å². The third-order valence-electron chi connectivity index (χ3n) is 4.33. The Kier molecular flexibility index (Phi) is 5.41. The highest BCUT2D eigenvalue weighted by atomic mass is 32.1. The molecule has 2 amide bonds. The van der Waals surface area contributed by atoms with Crippen molar-refractivity contribution >= 4 is 34.8 Å². The summed E-state index contributed by atoms with van der Waals surface area (Å²) in [5.41, 5.74) is 1.02. The zero-order valence-corrected chi connectivity index (χ0v) is 15.8. The number of hydrogen-bond donors (Lipinski definition) is 0. The zero-order valence-electron chi connectivity index (χ0n) is 15.0. The lowest BCUT2D eigenvalue weighted by atomic mass is 9.97. The van der Waals surface area contributed by atoms with Crippen molar-refractivity contribution in [1.82, 2.24) is 9.80 Å². The van der Waals surface area contributed by atoms with Gasteiger partial charge >= 0.3 is 0 Å². The average molecular weight is 383 g/mol. The average Bonchev–Trinajstić information content (AvgIpc) is 3.17. The van der Waals surface area contributed by atoms with Crippen molar-refractivity contribution in [1.29, 1.82) is 0 Å². The summed E-state index contributed by atoms with van der Waals surface area (Å²) in [6.07, 6.45) is 1.58. The summed E-state index contributed by atoms with van der Waals surface area (Å²) in [5.74, 6) is -2.26. The molecule has 0 fully saturated rings. The first-order valence-corrected chi connectivity index (χ1v) is 9.42. The van der Waals surface area contributed by atoms with Crippen LogP contribution in [0, 0.1) is 5.92 Å². The Morgan fingerprint density at radius 2 is 1.85 bits per heavy atom. The first kappa shape index (κ1) is 18.8. The Morgan fingerprint density at radius 1 is 1.15 bits per heavy atom. The fraction of sp³-hybridized carbons (Fsp3) is 0.250. The van der Waals surface area contributed by atoms with Gasteiger partial charge in [0.2, 0.25) is 0 Å². The number of nitrogens with zero attached hydrogens (tertiary/aromatic N) is 2. The van der Waals surface area contributed by atoms with Gasteiger partial charge in [0.15, 0.2) is 0 Å². The SMILES string of the molecule is CC(C)C1C(=O)N(CC(=O)[O-])C(c2ccccc2)=CN1C(=O)c1cccs1. The van der Waals surface area contributed by atoms with E-state index in [1.165, 1.54) is 21.1 Å². The fourth-order valence-electron chi connectivity index (χ4n) is 3.13. The molecule has 3 rings (SSSR count). The molecule has 0 spiro atoms. The molecular formula is C20H19N2O4S-. The second-order valence-electron chi connectivity index (χ2n) is 6.56. The highest BCUT2D eigenvalue weighted by Gasteiger charge is 2.40. The number of carbonyl (C=O) groups is 3. The van der Waals surface area contributed by atoms with Crippen LogP contribution in [-0.2, 0) is 9.59 Å². The lowest BCUT2D eigenvalue weighted by molar-refractivity contribution is -0.305. The molecule has 27 heavy (non-hydrogen) atoms. The monoisotopic (exact) mass is 383 g/mol. The van der Waals surface area contributed by atoms with Gasteiger partial charge in [0, 0.05) is 6.20 Å². The van der Waals surface area contributed by atoms with Crippen LogP contribution in [-0.4, -0.2) is 40.2 Å². The number of carboxylic acid groups (broad SMARTS) is 1. The number of thiophene rings is 1. The van der Waals surface area contributed by atoms with Crippen LogP contribution in [0.2, 0.25) is 0 Å². The van der Waals surface area contributed by atoms with Crippen molar-refractivity contribution in [2.24, 2.45) is 5.92 Å². The molecule has 0 N–H and O–H groups in total. The quantitative estimate of drug-likeness (QED) is 0.789. The van der Waals surface area contributed by atoms with Gasteiger partial charge < -0.3 is 14.8 Å². The van der Waals surface area contributed by atoms with E-state index in [2.05, 4.69) is 0 Å². The summed E-state index contributed by atoms with van der Waals surface area (Å²) in [7, 11) is 0. The van der Waals surface area contributed by atoms with Crippen LogP contribution in [0.25, 0.3) is 5.70 Å². The maximum absolute atomic E-state index is 13.2.